The number of aromatic nitrogens is 3. The van der Waals surface area contributed by atoms with E-state index in [1.165, 1.54) is 11.1 Å². The lowest BCUT2D eigenvalue weighted by Crippen LogP contribution is -2.00. The Kier molecular flexibility index (Phi) is 6.43. The Balaban J connectivity index is 1.17. The van der Waals surface area contributed by atoms with Crippen LogP contribution in [0.3, 0.4) is 0 Å². The molecule has 0 amide bonds. The van der Waals surface area contributed by atoms with Crippen molar-refractivity contribution >= 4 is 32.7 Å². The molecule has 0 unspecified atom stereocenters. The van der Waals surface area contributed by atoms with Crippen LogP contribution in [-0.2, 0) is 0 Å². The van der Waals surface area contributed by atoms with Crippen molar-refractivity contribution in [3.05, 3.63) is 164 Å². The second kappa shape index (κ2) is 11.2. The molecule has 4 heteroatoms. The molecule has 0 saturated carbocycles. The highest BCUT2D eigenvalue weighted by Gasteiger charge is 2.17. The summed E-state index contributed by atoms with van der Waals surface area (Å²) >= 11 is 0. The second-order valence-electron chi connectivity index (χ2n) is 11.7. The molecule has 0 aliphatic carbocycles. The molecule has 2 aromatic heterocycles. The van der Waals surface area contributed by atoms with Crippen molar-refractivity contribution in [2.45, 2.75) is 0 Å². The molecule has 0 fully saturated rings. The van der Waals surface area contributed by atoms with Crippen molar-refractivity contribution < 1.29 is 4.42 Å². The van der Waals surface area contributed by atoms with Gasteiger partial charge in [0.05, 0.1) is 0 Å². The lowest BCUT2D eigenvalue weighted by molar-refractivity contribution is 0.669. The van der Waals surface area contributed by atoms with Gasteiger partial charge in [0.15, 0.2) is 17.5 Å². The van der Waals surface area contributed by atoms with Crippen molar-refractivity contribution in [3.8, 4) is 56.4 Å². The summed E-state index contributed by atoms with van der Waals surface area (Å²) in [6.07, 6.45) is 0. The first kappa shape index (κ1) is 27.0. The standard InChI is InChI=1S/C43H27N3O/c1-4-11-28(12-5-1)31-19-20-33-26-34(22-21-32(33)25-31)42-44-41(30-15-8-3-9-16-30)45-43(46-42)35-23-24-37-39(27-35)47-38-18-10-17-36(40(37)38)29-13-6-2-7-14-29/h1-27H. The summed E-state index contributed by atoms with van der Waals surface area (Å²) in [6.45, 7) is 0. The van der Waals surface area contributed by atoms with Crippen LogP contribution in [0.1, 0.15) is 0 Å². The first-order valence-electron chi connectivity index (χ1n) is 15.7. The molecule has 9 rings (SSSR count). The van der Waals surface area contributed by atoms with E-state index in [-0.39, 0.29) is 0 Å². The molecule has 9 aromatic rings. The third-order valence-electron chi connectivity index (χ3n) is 8.71. The summed E-state index contributed by atoms with van der Waals surface area (Å²) < 4.78 is 6.43. The summed E-state index contributed by atoms with van der Waals surface area (Å²) in [5, 5.41) is 4.46. The zero-order chi connectivity index (χ0) is 31.2. The van der Waals surface area contributed by atoms with Crippen molar-refractivity contribution in [1.82, 2.24) is 15.0 Å². The zero-order valence-corrected chi connectivity index (χ0v) is 25.3. The summed E-state index contributed by atoms with van der Waals surface area (Å²) in [5.74, 6) is 1.85. The molecular formula is C43H27N3O. The minimum Gasteiger partial charge on any atom is -0.456 e. The van der Waals surface area contributed by atoms with Gasteiger partial charge in [-0.05, 0) is 63.4 Å². The van der Waals surface area contributed by atoms with Crippen LogP contribution in [-0.4, -0.2) is 15.0 Å². The zero-order valence-electron chi connectivity index (χ0n) is 25.3. The van der Waals surface area contributed by atoms with Crippen LogP contribution in [0.15, 0.2) is 168 Å². The van der Waals surface area contributed by atoms with E-state index in [2.05, 4.69) is 103 Å². The van der Waals surface area contributed by atoms with Gasteiger partial charge in [-0.2, -0.15) is 0 Å². The SMILES string of the molecule is c1ccc(-c2ccc3cc(-c4nc(-c5ccccc5)nc(-c5ccc6c(c5)oc5cccc(-c7ccccc7)c56)n4)ccc3c2)cc1. The van der Waals surface area contributed by atoms with E-state index < -0.39 is 0 Å². The fourth-order valence-electron chi connectivity index (χ4n) is 6.37. The third-order valence-corrected chi connectivity index (χ3v) is 8.71. The number of hydrogen-bond donors (Lipinski definition) is 0. The third kappa shape index (κ3) is 4.93. The lowest BCUT2D eigenvalue weighted by atomic mass is 9.99. The summed E-state index contributed by atoms with van der Waals surface area (Å²) in [4.78, 5) is 15.0. The van der Waals surface area contributed by atoms with Gasteiger partial charge >= 0.3 is 0 Å². The fourth-order valence-corrected chi connectivity index (χ4v) is 6.37. The first-order valence-corrected chi connectivity index (χ1v) is 15.7. The molecule has 4 nitrogen and oxygen atoms in total. The highest BCUT2D eigenvalue weighted by Crippen LogP contribution is 2.38. The van der Waals surface area contributed by atoms with Crippen molar-refractivity contribution in [2.75, 3.05) is 0 Å². The van der Waals surface area contributed by atoms with Gasteiger partial charge in [-0.3, -0.25) is 0 Å². The van der Waals surface area contributed by atoms with Crippen LogP contribution < -0.4 is 0 Å². The van der Waals surface area contributed by atoms with Gasteiger partial charge in [0, 0.05) is 27.5 Å². The van der Waals surface area contributed by atoms with Crippen LogP contribution in [0.25, 0.3) is 89.1 Å². The van der Waals surface area contributed by atoms with E-state index in [1.807, 2.05) is 60.7 Å². The molecule has 2 heterocycles. The quantitative estimate of drug-likeness (QED) is 0.197. The number of benzene rings is 7. The van der Waals surface area contributed by atoms with Gasteiger partial charge in [-0.1, -0.05) is 133 Å². The van der Waals surface area contributed by atoms with E-state index in [9.17, 15) is 0 Å². The number of rotatable bonds is 5. The van der Waals surface area contributed by atoms with Gasteiger partial charge in [0.25, 0.3) is 0 Å². The molecule has 0 atom stereocenters. The summed E-state index contributed by atoms with van der Waals surface area (Å²) in [5.41, 5.74) is 9.08. The highest BCUT2D eigenvalue weighted by molar-refractivity contribution is 6.13. The van der Waals surface area contributed by atoms with E-state index in [1.54, 1.807) is 0 Å². The van der Waals surface area contributed by atoms with Gasteiger partial charge in [-0.15, -0.1) is 0 Å². The lowest BCUT2D eigenvalue weighted by Gasteiger charge is -2.10. The predicted octanol–water partition coefficient (Wildman–Crippen LogP) is 11.3. The molecule has 7 aromatic carbocycles. The maximum atomic E-state index is 6.43. The monoisotopic (exact) mass is 601 g/mol. The highest BCUT2D eigenvalue weighted by atomic mass is 16.3. The molecule has 220 valence electrons. The Morgan fingerprint density at radius 2 is 0.872 bits per heavy atom. The van der Waals surface area contributed by atoms with Gasteiger partial charge < -0.3 is 4.42 Å². The topological polar surface area (TPSA) is 51.8 Å². The Morgan fingerprint density at radius 1 is 0.340 bits per heavy atom. The second-order valence-corrected chi connectivity index (χ2v) is 11.7. The molecule has 0 saturated heterocycles. The molecule has 0 aliphatic rings. The van der Waals surface area contributed by atoms with Crippen molar-refractivity contribution in [1.29, 1.82) is 0 Å². The minimum atomic E-state index is 0.596. The van der Waals surface area contributed by atoms with Gasteiger partial charge in [0.2, 0.25) is 0 Å². The van der Waals surface area contributed by atoms with Crippen LogP contribution in [0.5, 0.6) is 0 Å². The van der Waals surface area contributed by atoms with E-state index >= 15 is 0 Å². The minimum absolute atomic E-state index is 0.596. The Hall–Kier alpha value is -6.39. The number of fused-ring (bicyclic) bond motifs is 4. The number of hydrogen-bond acceptors (Lipinski definition) is 4. The molecule has 47 heavy (non-hydrogen) atoms. The van der Waals surface area contributed by atoms with Crippen molar-refractivity contribution in [2.24, 2.45) is 0 Å². The largest absolute Gasteiger partial charge is 0.456 e. The van der Waals surface area contributed by atoms with Gasteiger partial charge in [-0.25, -0.2) is 15.0 Å². The Morgan fingerprint density at radius 3 is 1.55 bits per heavy atom. The predicted molar refractivity (Wildman–Crippen MR) is 192 cm³/mol. The normalized spacial score (nSPS) is 11.4. The van der Waals surface area contributed by atoms with Crippen molar-refractivity contribution in [3.63, 3.8) is 0 Å². The Labute approximate surface area is 271 Å². The van der Waals surface area contributed by atoms with Crippen LogP contribution >= 0.6 is 0 Å². The van der Waals surface area contributed by atoms with E-state index in [0.29, 0.717) is 17.5 Å². The maximum Gasteiger partial charge on any atom is 0.164 e. The van der Waals surface area contributed by atoms with E-state index in [4.69, 9.17) is 19.4 Å². The molecule has 0 aliphatic heterocycles. The number of nitrogens with zero attached hydrogens (tertiary/aromatic N) is 3. The molecule has 0 radical (unpaired) electrons. The smallest absolute Gasteiger partial charge is 0.164 e. The molecule has 0 N–H and O–H groups in total. The number of furan rings is 1. The van der Waals surface area contributed by atoms with Crippen LogP contribution in [0.2, 0.25) is 0 Å². The fraction of sp³-hybridized carbons (Fsp3) is 0. The summed E-state index contributed by atoms with van der Waals surface area (Å²) in [6, 6.07) is 56.4. The maximum absolute atomic E-state index is 6.43. The van der Waals surface area contributed by atoms with Crippen LogP contribution in [0.4, 0.5) is 0 Å². The molecule has 0 spiro atoms. The average molecular weight is 602 g/mol. The summed E-state index contributed by atoms with van der Waals surface area (Å²) in [7, 11) is 0. The average Bonchev–Trinajstić information content (AvgIpc) is 3.53. The van der Waals surface area contributed by atoms with Gasteiger partial charge in [0.1, 0.15) is 11.2 Å². The Bertz CT molecular complexity index is 2560. The molecule has 0 bridgehead atoms. The van der Waals surface area contributed by atoms with Crippen LogP contribution in [0, 0.1) is 0 Å². The first-order chi connectivity index (χ1) is 23.3. The van der Waals surface area contributed by atoms with E-state index in [0.717, 1.165) is 60.5 Å². The molecular weight excluding hydrogens is 574 g/mol.